The molecule has 4 bridgehead atoms. The minimum Gasteiger partial charge on any atom is -0.347 e. The van der Waals surface area contributed by atoms with Gasteiger partial charge in [0.05, 0.1) is 4.88 Å². The van der Waals surface area contributed by atoms with E-state index in [0.29, 0.717) is 23.6 Å². The molecule has 3 saturated heterocycles. The Balaban J connectivity index is 1.32. The number of amides is 1. The van der Waals surface area contributed by atoms with Crippen molar-refractivity contribution in [2.24, 2.45) is 17.8 Å². The third-order valence-electron chi connectivity index (χ3n) is 5.56. The fourth-order valence-corrected chi connectivity index (χ4v) is 6.37. The van der Waals surface area contributed by atoms with Crippen molar-refractivity contribution in [1.82, 2.24) is 15.2 Å². The van der Waals surface area contributed by atoms with E-state index < -0.39 is 0 Å². The van der Waals surface area contributed by atoms with Gasteiger partial charge >= 0.3 is 0 Å². The molecular formula is C17H19N3OS2. The van der Waals surface area contributed by atoms with Gasteiger partial charge < -0.3 is 10.2 Å². The lowest BCUT2D eigenvalue weighted by Gasteiger charge is -2.55. The zero-order chi connectivity index (χ0) is 15.4. The molecule has 3 aliphatic heterocycles. The molecule has 0 spiro atoms. The average molecular weight is 345 g/mol. The van der Waals surface area contributed by atoms with Crippen LogP contribution in [0, 0.1) is 17.8 Å². The number of nitrogens with zero attached hydrogens (tertiary/aromatic N) is 2. The number of piperidine rings is 3. The summed E-state index contributed by atoms with van der Waals surface area (Å²) in [6.07, 6.45) is 2.57. The highest BCUT2D eigenvalue weighted by atomic mass is 32.1. The quantitative estimate of drug-likeness (QED) is 0.930. The number of thiophene rings is 1. The molecule has 23 heavy (non-hydrogen) atoms. The van der Waals surface area contributed by atoms with Crippen molar-refractivity contribution >= 4 is 28.6 Å². The molecule has 2 aromatic rings. The summed E-state index contributed by atoms with van der Waals surface area (Å²) in [5, 5.41) is 8.20. The summed E-state index contributed by atoms with van der Waals surface area (Å²) < 4.78 is 0. The van der Waals surface area contributed by atoms with E-state index in [1.165, 1.54) is 19.4 Å². The molecule has 6 rings (SSSR count). The molecule has 0 aromatic carbocycles. The highest BCUT2D eigenvalue weighted by Crippen LogP contribution is 2.43. The number of nitrogens with one attached hydrogen (secondary N) is 1. The predicted molar refractivity (Wildman–Crippen MR) is 92.8 cm³/mol. The molecule has 4 fully saturated rings. The zero-order valence-electron chi connectivity index (χ0n) is 12.8. The van der Waals surface area contributed by atoms with Gasteiger partial charge in [0.1, 0.15) is 10.7 Å². The highest BCUT2D eigenvalue weighted by Gasteiger charge is 2.47. The van der Waals surface area contributed by atoms with E-state index in [9.17, 15) is 4.79 Å². The van der Waals surface area contributed by atoms with E-state index in [1.54, 1.807) is 22.7 Å². The Hall–Kier alpha value is -1.24. The van der Waals surface area contributed by atoms with Crippen LogP contribution in [0.3, 0.4) is 0 Å². The molecule has 5 atom stereocenters. The maximum absolute atomic E-state index is 12.6. The molecule has 4 nitrogen and oxygen atoms in total. The fourth-order valence-electron chi connectivity index (χ4n) is 4.76. The summed E-state index contributed by atoms with van der Waals surface area (Å²) in [5.74, 6) is 2.16. The molecule has 1 amide bonds. The van der Waals surface area contributed by atoms with E-state index in [0.717, 1.165) is 28.9 Å². The number of carbonyl (C=O) groups is 1. The lowest BCUT2D eigenvalue weighted by atomic mass is 9.65. The first-order valence-corrected chi connectivity index (χ1v) is 10.0. The molecule has 3 unspecified atom stereocenters. The molecular weight excluding hydrogens is 326 g/mol. The maximum atomic E-state index is 12.6. The molecule has 1 aliphatic carbocycles. The second kappa shape index (κ2) is 5.40. The normalized spacial score (nSPS) is 34.7. The molecule has 120 valence electrons. The molecule has 5 heterocycles. The van der Waals surface area contributed by atoms with E-state index in [-0.39, 0.29) is 5.91 Å². The first kappa shape index (κ1) is 14.1. The summed E-state index contributed by atoms with van der Waals surface area (Å²) in [5.41, 5.74) is 0.576. The van der Waals surface area contributed by atoms with Gasteiger partial charge in [-0.15, -0.1) is 22.7 Å². The first-order valence-electron chi connectivity index (χ1n) is 8.29. The lowest BCUT2D eigenvalue weighted by Crippen LogP contribution is -2.64. The summed E-state index contributed by atoms with van der Waals surface area (Å²) in [7, 11) is 0. The van der Waals surface area contributed by atoms with E-state index in [4.69, 9.17) is 0 Å². The molecule has 0 radical (unpaired) electrons. The predicted octanol–water partition coefficient (Wildman–Crippen LogP) is 2.94. The van der Waals surface area contributed by atoms with Crippen molar-refractivity contribution in [1.29, 1.82) is 0 Å². The molecule has 1 N–H and O–H groups in total. The number of hydrogen-bond acceptors (Lipinski definition) is 5. The number of carbonyl (C=O) groups excluding carboxylic acids is 1. The molecule has 2 aromatic heterocycles. The van der Waals surface area contributed by atoms with Gasteiger partial charge in [-0.25, -0.2) is 4.98 Å². The monoisotopic (exact) mass is 345 g/mol. The zero-order valence-corrected chi connectivity index (χ0v) is 14.4. The Morgan fingerprint density at radius 1 is 1.22 bits per heavy atom. The topological polar surface area (TPSA) is 45.2 Å². The minimum absolute atomic E-state index is 0.0107. The largest absolute Gasteiger partial charge is 0.347 e. The first-order chi connectivity index (χ1) is 11.3. The molecule has 1 saturated carbocycles. The van der Waals surface area contributed by atoms with Crippen LogP contribution in [0.1, 0.15) is 23.3 Å². The summed E-state index contributed by atoms with van der Waals surface area (Å²) in [6.45, 7) is 3.61. The van der Waals surface area contributed by atoms with Gasteiger partial charge in [0.25, 0.3) is 5.91 Å². The lowest BCUT2D eigenvalue weighted by molar-refractivity contribution is -0.0419. The van der Waals surface area contributed by atoms with Crippen LogP contribution >= 0.6 is 22.7 Å². The van der Waals surface area contributed by atoms with Gasteiger partial charge in [-0.2, -0.15) is 0 Å². The Kier molecular flexibility index (Phi) is 3.32. The van der Waals surface area contributed by atoms with Gasteiger partial charge in [-0.05, 0) is 42.0 Å². The van der Waals surface area contributed by atoms with Crippen LogP contribution in [0.2, 0.25) is 0 Å². The third-order valence-corrected chi connectivity index (χ3v) is 7.44. The van der Waals surface area contributed by atoms with Crippen molar-refractivity contribution in [2.45, 2.75) is 18.9 Å². The van der Waals surface area contributed by atoms with Crippen molar-refractivity contribution in [3.8, 4) is 9.88 Å². The van der Waals surface area contributed by atoms with Gasteiger partial charge in [0.15, 0.2) is 0 Å². The third kappa shape index (κ3) is 2.44. The second-order valence-electron chi connectivity index (χ2n) is 7.09. The SMILES string of the molecule is O=C(NC1[C@@H]2CC3C[C@H]1CN(C3)C2)c1csc(-c2cccs2)n1. The maximum Gasteiger partial charge on any atom is 0.271 e. The van der Waals surface area contributed by atoms with Gasteiger partial charge in [-0.3, -0.25) is 4.79 Å². The number of rotatable bonds is 3. The van der Waals surface area contributed by atoms with Crippen molar-refractivity contribution in [3.05, 3.63) is 28.6 Å². The Labute approximate surface area is 143 Å². The highest BCUT2D eigenvalue weighted by molar-refractivity contribution is 7.20. The average Bonchev–Trinajstić information content (AvgIpc) is 3.20. The van der Waals surface area contributed by atoms with Crippen molar-refractivity contribution in [3.63, 3.8) is 0 Å². The van der Waals surface area contributed by atoms with Crippen molar-refractivity contribution < 1.29 is 4.79 Å². The Morgan fingerprint density at radius 2 is 2.04 bits per heavy atom. The molecule has 6 heteroatoms. The van der Waals surface area contributed by atoms with Crippen LogP contribution in [0.5, 0.6) is 0 Å². The van der Waals surface area contributed by atoms with E-state index in [1.807, 2.05) is 16.8 Å². The Bertz CT molecular complexity index is 696. The van der Waals surface area contributed by atoms with Crippen LogP contribution in [0.4, 0.5) is 0 Å². The van der Waals surface area contributed by atoms with Crippen LogP contribution < -0.4 is 5.32 Å². The van der Waals surface area contributed by atoms with Crippen LogP contribution in [0.25, 0.3) is 9.88 Å². The van der Waals surface area contributed by atoms with E-state index in [2.05, 4.69) is 21.3 Å². The van der Waals surface area contributed by atoms with Gasteiger partial charge in [0.2, 0.25) is 0 Å². The van der Waals surface area contributed by atoms with Gasteiger partial charge in [0, 0.05) is 31.1 Å². The summed E-state index contributed by atoms with van der Waals surface area (Å²) >= 11 is 3.22. The fraction of sp³-hybridized carbons (Fsp3) is 0.529. The number of thiazole rings is 1. The second-order valence-corrected chi connectivity index (χ2v) is 8.90. The molecule has 4 aliphatic rings. The summed E-state index contributed by atoms with van der Waals surface area (Å²) in [4.78, 5) is 20.9. The van der Waals surface area contributed by atoms with Crippen LogP contribution in [-0.4, -0.2) is 41.5 Å². The standard InChI is InChI=1S/C17H19N3OS2/c21-16(13-9-23-17(18-13)14-2-1-3-22-14)19-15-11-4-10-5-12(15)8-20(6-10)7-11/h1-3,9-12,15H,4-8H2,(H,19,21)/t10?,11-,12+,15?. The van der Waals surface area contributed by atoms with Crippen LogP contribution in [0.15, 0.2) is 22.9 Å². The van der Waals surface area contributed by atoms with Crippen LogP contribution in [-0.2, 0) is 0 Å². The van der Waals surface area contributed by atoms with E-state index >= 15 is 0 Å². The smallest absolute Gasteiger partial charge is 0.271 e. The Morgan fingerprint density at radius 3 is 2.74 bits per heavy atom. The number of aromatic nitrogens is 1. The number of hydrogen-bond donors (Lipinski definition) is 1. The van der Waals surface area contributed by atoms with Crippen molar-refractivity contribution in [2.75, 3.05) is 19.6 Å². The summed E-state index contributed by atoms with van der Waals surface area (Å²) in [6, 6.07) is 4.42. The minimum atomic E-state index is 0.0107. The van der Waals surface area contributed by atoms with Gasteiger partial charge in [-0.1, -0.05) is 6.07 Å².